The first-order valence-corrected chi connectivity index (χ1v) is 12.3. The topological polar surface area (TPSA) is 92.8 Å². The van der Waals surface area contributed by atoms with Crippen LogP contribution in [0.4, 0.5) is 5.69 Å². The van der Waals surface area contributed by atoms with Crippen molar-refractivity contribution in [2.75, 3.05) is 25.0 Å². The molecule has 1 aliphatic rings. The zero-order chi connectivity index (χ0) is 23.5. The van der Waals surface area contributed by atoms with E-state index in [1.165, 1.54) is 16.4 Å². The van der Waals surface area contributed by atoms with Gasteiger partial charge in [0, 0.05) is 18.8 Å². The molecular formula is C22H24Cl2N2O5S. The number of benzene rings is 2. The summed E-state index contributed by atoms with van der Waals surface area (Å²) in [6.07, 6.45) is 0.553. The Hall–Kier alpha value is -2.13. The van der Waals surface area contributed by atoms with Gasteiger partial charge in [-0.25, -0.2) is 8.42 Å². The van der Waals surface area contributed by atoms with Crippen LogP contribution in [-0.4, -0.2) is 44.3 Å². The van der Waals surface area contributed by atoms with Crippen LogP contribution in [-0.2, 0) is 24.3 Å². The van der Waals surface area contributed by atoms with Gasteiger partial charge in [0.2, 0.25) is 10.0 Å². The van der Waals surface area contributed by atoms with Crippen LogP contribution < -0.4 is 5.32 Å². The molecule has 1 fully saturated rings. The third-order valence-electron chi connectivity index (χ3n) is 5.40. The number of nitrogens with one attached hydrogen (secondary N) is 1. The molecule has 172 valence electrons. The second-order valence-electron chi connectivity index (χ2n) is 7.65. The Balaban J connectivity index is 1.54. The third kappa shape index (κ3) is 5.43. The summed E-state index contributed by atoms with van der Waals surface area (Å²) in [6.45, 7) is 3.61. The van der Waals surface area contributed by atoms with Gasteiger partial charge < -0.3 is 10.1 Å². The number of carbonyl (C=O) groups excluding carboxylic acids is 2. The summed E-state index contributed by atoms with van der Waals surface area (Å²) in [7, 11) is -3.89. The van der Waals surface area contributed by atoms with Crippen LogP contribution in [0.5, 0.6) is 0 Å². The van der Waals surface area contributed by atoms with E-state index < -0.39 is 34.4 Å². The number of para-hydroxylation sites is 1. The number of halogens is 2. The van der Waals surface area contributed by atoms with E-state index in [4.69, 9.17) is 27.9 Å². The quantitative estimate of drug-likeness (QED) is 0.602. The van der Waals surface area contributed by atoms with E-state index in [1.54, 1.807) is 6.07 Å². The van der Waals surface area contributed by atoms with Crippen molar-refractivity contribution >= 4 is 50.8 Å². The van der Waals surface area contributed by atoms with Gasteiger partial charge >= 0.3 is 5.97 Å². The van der Waals surface area contributed by atoms with Gasteiger partial charge in [-0.05, 0) is 49.9 Å². The Labute approximate surface area is 197 Å². The molecule has 10 heteroatoms. The number of piperidine rings is 1. The zero-order valence-corrected chi connectivity index (χ0v) is 20.1. The van der Waals surface area contributed by atoms with Crippen molar-refractivity contribution in [2.24, 2.45) is 5.92 Å². The van der Waals surface area contributed by atoms with Crippen LogP contribution in [0.3, 0.4) is 0 Å². The Kier molecular flexibility index (Phi) is 7.82. The maximum absolute atomic E-state index is 12.9. The molecule has 3 rings (SSSR count). The fourth-order valence-corrected chi connectivity index (χ4v) is 6.19. The number of ether oxygens (including phenoxy) is 1. The lowest BCUT2D eigenvalue weighted by Crippen LogP contribution is -2.41. The molecule has 0 saturated carbocycles. The lowest BCUT2D eigenvalue weighted by Gasteiger charge is -2.30. The molecule has 0 atom stereocenters. The Morgan fingerprint density at radius 2 is 1.56 bits per heavy atom. The fourth-order valence-electron chi connectivity index (χ4n) is 3.63. The van der Waals surface area contributed by atoms with E-state index in [-0.39, 0.29) is 40.9 Å². The van der Waals surface area contributed by atoms with Gasteiger partial charge in [0.05, 0.1) is 16.0 Å². The number of aryl methyl sites for hydroxylation is 2. The van der Waals surface area contributed by atoms with Crippen molar-refractivity contribution in [3.05, 3.63) is 57.6 Å². The molecule has 1 amide bonds. The first-order valence-electron chi connectivity index (χ1n) is 10.1. The predicted molar refractivity (Wildman–Crippen MR) is 123 cm³/mol. The monoisotopic (exact) mass is 498 g/mol. The van der Waals surface area contributed by atoms with Gasteiger partial charge in [0.1, 0.15) is 4.90 Å². The summed E-state index contributed by atoms with van der Waals surface area (Å²) < 4.78 is 32.3. The van der Waals surface area contributed by atoms with E-state index in [2.05, 4.69) is 5.32 Å². The maximum Gasteiger partial charge on any atom is 0.309 e. The van der Waals surface area contributed by atoms with Gasteiger partial charge in [-0.2, -0.15) is 4.31 Å². The lowest BCUT2D eigenvalue weighted by atomic mass is 9.98. The molecule has 1 aliphatic heterocycles. The summed E-state index contributed by atoms with van der Waals surface area (Å²) in [5.74, 6) is -1.44. The summed E-state index contributed by atoms with van der Waals surface area (Å²) >= 11 is 12.1. The highest BCUT2D eigenvalue weighted by Gasteiger charge is 2.35. The largest absolute Gasteiger partial charge is 0.455 e. The van der Waals surface area contributed by atoms with Crippen LogP contribution in [0.15, 0.2) is 41.3 Å². The highest BCUT2D eigenvalue weighted by Crippen LogP contribution is 2.33. The fraction of sp³-hybridized carbons (Fsp3) is 0.364. The van der Waals surface area contributed by atoms with E-state index in [1.807, 2.05) is 32.0 Å². The van der Waals surface area contributed by atoms with Crippen LogP contribution in [0.25, 0.3) is 0 Å². The second-order valence-corrected chi connectivity index (χ2v) is 10.3. The van der Waals surface area contributed by atoms with Gasteiger partial charge in [-0.3, -0.25) is 9.59 Å². The molecule has 32 heavy (non-hydrogen) atoms. The van der Waals surface area contributed by atoms with Crippen molar-refractivity contribution in [2.45, 2.75) is 31.6 Å². The lowest BCUT2D eigenvalue weighted by molar-refractivity contribution is -0.152. The number of carbonyl (C=O) groups is 2. The molecule has 0 bridgehead atoms. The first kappa shape index (κ1) is 24.5. The number of amides is 1. The number of hydrogen-bond acceptors (Lipinski definition) is 5. The van der Waals surface area contributed by atoms with Crippen LogP contribution in [0.1, 0.15) is 24.0 Å². The minimum atomic E-state index is -3.89. The number of esters is 1. The van der Waals surface area contributed by atoms with Crippen molar-refractivity contribution in [3.8, 4) is 0 Å². The van der Waals surface area contributed by atoms with E-state index in [9.17, 15) is 18.0 Å². The smallest absolute Gasteiger partial charge is 0.309 e. The predicted octanol–water partition coefficient (Wildman–Crippen LogP) is 4.19. The number of anilines is 1. The summed E-state index contributed by atoms with van der Waals surface area (Å²) in [6, 6.07) is 10.2. The van der Waals surface area contributed by atoms with Crippen LogP contribution >= 0.6 is 23.2 Å². The SMILES string of the molecule is Cc1cccc(C)c1NC(=O)COC(=O)C1CCN(S(=O)(=O)c2c(Cl)cccc2Cl)CC1. The standard InChI is InChI=1S/C22H24Cl2N2O5S/c1-14-5-3-6-15(2)20(14)25-19(27)13-31-22(28)16-9-11-26(12-10-16)32(29,30)21-17(23)7-4-8-18(21)24/h3-8,16H,9-13H2,1-2H3,(H,25,27). The third-order valence-corrected chi connectivity index (χ3v) is 8.25. The average Bonchev–Trinajstić information content (AvgIpc) is 2.74. The van der Waals surface area contributed by atoms with Crippen molar-refractivity contribution < 1.29 is 22.7 Å². The van der Waals surface area contributed by atoms with Gasteiger partial charge in [0.15, 0.2) is 6.61 Å². The molecule has 2 aromatic rings. The molecule has 0 unspecified atom stereocenters. The Bertz CT molecular complexity index is 1090. The molecule has 1 heterocycles. The summed E-state index contributed by atoms with van der Waals surface area (Å²) in [5.41, 5.74) is 2.53. The molecule has 0 aliphatic carbocycles. The highest BCUT2D eigenvalue weighted by atomic mass is 35.5. The second kappa shape index (κ2) is 10.2. The van der Waals surface area contributed by atoms with E-state index in [0.717, 1.165) is 11.1 Å². The molecule has 0 aromatic heterocycles. The molecule has 0 radical (unpaired) electrons. The minimum absolute atomic E-state index is 0.0499. The molecule has 1 N–H and O–H groups in total. The van der Waals surface area contributed by atoms with Crippen LogP contribution in [0.2, 0.25) is 10.0 Å². The van der Waals surface area contributed by atoms with E-state index >= 15 is 0 Å². The average molecular weight is 499 g/mol. The maximum atomic E-state index is 12.9. The van der Waals surface area contributed by atoms with E-state index in [0.29, 0.717) is 5.69 Å². The molecule has 1 saturated heterocycles. The normalized spacial score (nSPS) is 15.4. The molecule has 2 aromatic carbocycles. The number of rotatable bonds is 6. The minimum Gasteiger partial charge on any atom is -0.455 e. The highest BCUT2D eigenvalue weighted by molar-refractivity contribution is 7.89. The summed E-state index contributed by atoms with van der Waals surface area (Å²) in [4.78, 5) is 24.5. The zero-order valence-electron chi connectivity index (χ0n) is 17.7. The Morgan fingerprint density at radius 3 is 2.12 bits per heavy atom. The molecule has 7 nitrogen and oxygen atoms in total. The first-order chi connectivity index (χ1) is 15.1. The molecular weight excluding hydrogens is 475 g/mol. The van der Waals surface area contributed by atoms with Crippen molar-refractivity contribution in [3.63, 3.8) is 0 Å². The molecule has 0 spiro atoms. The number of nitrogens with zero attached hydrogens (tertiary/aromatic N) is 1. The number of sulfonamides is 1. The summed E-state index contributed by atoms with van der Waals surface area (Å²) in [5, 5.41) is 2.86. The van der Waals surface area contributed by atoms with Crippen molar-refractivity contribution in [1.29, 1.82) is 0 Å². The van der Waals surface area contributed by atoms with Crippen LogP contribution in [0, 0.1) is 19.8 Å². The Morgan fingerprint density at radius 1 is 1.03 bits per heavy atom. The van der Waals surface area contributed by atoms with Gasteiger partial charge in [-0.15, -0.1) is 0 Å². The van der Waals surface area contributed by atoms with Crippen molar-refractivity contribution in [1.82, 2.24) is 4.31 Å². The van der Waals surface area contributed by atoms with Gasteiger partial charge in [-0.1, -0.05) is 47.5 Å². The number of hydrogen-bond donors (Lipinski definition) is 1. The van der Waals surface area contributed by atoms with Gasteiger partial charge in [0.25, 0.3) is 5.91 Å².